The normalized spacial score (nSPS) is 19.1. The van der Waals surface area contributed by atoms with Gasteiger partial charge in [0.15, 0.2) is 0 Å². The summed E-state index contributed by atoms with van der Waals surface area (Å²) in [6, 6.07) is 8.13. The van der Waals surface area contributed by atoms with Gasteiger partial charge in [0.25, 0.3) is 0 Å². The highest BCUT2D eigenvalue weighted by molar-refractivity contribution is 5.76. The predicted molar refractivity (Wildman–Crippen MR) is 119 cm³/mol. The van der Waals surface area contributed by atoms with Crippen molar-refractivity contribution in [2.75, 3.05) is 26.8 Å². The van der Waals surface area contributed by atoms with E-state index < -0.39 is 0 Å². The van der Waals surface area contributed by atoms with Gasteiger partial charge in [-0.25, -0.2) is 0 Å². The van der Waals surface area contributed by atoms with E-state index in [1.54, 1.807) is 7.11 Å². The Morgan fingerprint density at radius 3 is 3.13 bits per heavy atom. The number of rotatable bonds is 8. The summed E-state index contributed by atoms with van der Waals surface area (Å²) in [5.74, 6) is 0.953. The first-order valence-electron chi connectivity index (χ1n) is 11.5. The molecule has 0 aliphatic carbocycles. The van der Waals surface area contributed by atoms with Crippen molar-refractivity contribution < 1.29 is 14.3 Å². The van der Waals surface area contributed by atoms with Gasteiger partial charge in [-0.2, -0.15) is 5.10 Å². The number of hydrogen-bond donors (Lipinski definition) is 1. The summed E-state index contributed by atoms with van der Waals surface area (Å²) in [5, 5.41) is 8.11. The van der Waals surface area contributed by atoms with Gasteiger partial charge in [0.05, 0.1) is 26.0 Å². The number of carbonyl (C=O) groups excluding carboxylic acids is 1. The topological polar surface area (TPSA) is 68.6 Å². The van der Waals surface area contributed by atoms with Crippen LogP contribution in [0.4, 0.5) is 0 Å². The molecule has 1 amide bonds. The summed E-state index contributed by atoms with van der Waals surface area (Å²) < 4.78 is 13.1. The number of amides is 1. The molecule has 3 heterocycles. The molecule has 7 nitrogen and oxygen atoms in total. The van der Waals surface area contributed by atoms with Gasteiger partial charge in [0.2, 0.25) is 5.91 Å². The molecule has 0 saturated carbocycles. The summed E-state index contributed by atoms with van der Waals surface area (Å²) in [4.78, 5) is 15.0. The van der Waals surface area contributed by atoms with Crippen LogP contribution in [0.3, 0.4) is 0 Å². The number of hydrogen-bond acceptors (Lipinski definition) is 5. The van der Waals surface area contributed by atoms with E-state index in [0.29, 0.717) is 13.0 Å². The van der Waals surface area contributed by atoms with Crippen molar-refractivity contribution in [1.29, 1.82) is 0 Å². The average Bonchev–Trinajstić information content (AvgIpc) is 3.16. The molecule has 1 fully saturated rings. The Morgan fingerprint density at radius 2 is 2.29 bits per heavy atom. The minimum absolute atomic E-state index is 0.121. The van der Waals surface area contributed by atoms with Gasteiger partial charge in [-0.3, -0.25) is 14.4 Å². The highest BCUT2D eigenvalue weighted by atomic mass is 16.5. The number of likely N-dealkylation sites (tertiary alicyclic amines) is 1. The second-order valence-corrected chi connectivity index (χ2v) is 8.48. The number of aryl methyl sites for hydroxylation is 2. The van der Waals surface area contributed by atoms with Gasteiger partial charge < -0.3 is 14.8 Å². The lowest BCUT2D eigenvalue weighted by Crippen LogP contribution is -2.47. The van der Waals surface area contributed by atoms with Gasteiger partial charge in [-0.15, -0.1) is 0 Å². The third-order valence-electron chi connectivity index (χ3n) is 6.30. The Morgan fingerprint density at radius 1 is 1.39 bits per heavy atom. The van der Waals surface area contributed by atoms with E-state index in [4.69, 9.17) is 14.6 Å². The molecule has 7 heteroatoms. The number of nitrogens with zero attached hydrogens (tertiary/aromatic N) is 3. The van der Waals surface area contributed by atoms with E-state index in [0.717, 1.165) is 75.5 Å². The number of nitrogens with one attached hydrogen (secondary N) is 1. The third-order valence-corrected chi connectivity index (χ3v) is 6.30. The van der Waals surface area contributed by atoms with Crippen LogP contribution in [-0.2, 0) is 42.1 Å². The standard InChI is InChI=1S/C24H34N4O3/c1-3-28-23-11-13-31-17-21(23)22(26-28)16-27-12-5-7-19(15-27)25-24(29)10-9-18-6-4-8-20(14-18)30-2/h4,6,8,14,19H,3,5,7,9-13,15-17H2,1-2H3,(H,25,29). The number of aromatic nitrogens is 2. The average molecular weight is 427 g/mol. The van der Waals surface area contributed by atoms with Crippen molar-refractivity contribution >= 4 is 5.91 Å². The molecule has 1 aromatic carbocycles. The second kappa shape index (κ2) is 10.3. The fourth-order valence-electron chi connectivity index (χ4n) is 4.68. The number of piperidine rings is 1. The summed E-state index contributed by atoms with van der Waals surface area (Å²) in [5.41, 5.74) is 4.88. The van der Waals surface area contributed by atoms with Crippen LogP contribution in [0, 0.1) is 0 Å². The molecule has 31 heavy (non-hydrogen) atoms. The fourth-order valence-corrected chi connectivity index (χ4v) is 4.68. The van der Waals surface area contributed by atoms with Gasteiger partial charge in [0, 0.05) is 49.8 Å². The van der Waals surface area contributed by atoms with Crippen LogP contribution in [0.15, 0.2) is 24.3 Å². The molecule has 0 bridgehead atoms. The second-order valence-electron chi connectivity index (χ2n) is 8.48. The number of ether oxygens (including phenoxy) is 2. The molecule has 2 aromatic rings. The summed E-state index contributed by atoms with van der Waals surface area (Å²) in [6.07, 6.45) is 4.29. The first-order chi connectivity index (χ1) is 15.2. The molecule has 0 spiro atoms. The zero-order chi connectivity index (χ0) is 21.6. The van der Waals surface area contributed by atoms with E-state index in [1.165, 1.54) is 11.3 Å². The van der Waals surface area contributed by atoms with Gasteiger partial charge in [0.1, 0.15) is 5.75 Å². The Balaban J connectivity index is 1.29. The lowest BCUT2D eigenvalue weighted by atomic mass is 10.0. The smallest absolute Gasteiger partial charge is 0.220 e. The molecule has 4 rings (SSSR count). The van der Waals surface area contributed by atoms with Gasteiger partial charge in [-0.05, 0) is 50.4 Å². The molecule has 1 unspecified atom stereocenters. The van der Waals surface area contributed by atoms with E-state index in [9.17, 15) is 4.79 Å². The minimum atomic E-state index is 0.121. The molecule has 0 radical (unpaired) electrons. The monoisotopic (exact) mass is 426 g/mol. The Hall–Kier alpha value is -2.38. The zero-order valence-corrected chi connectivity index (χ0v) is 18.7. The molecule has 2 aliphatic heterocycles. The minimum Gasteiger partial charge on any atom is -0.497 e. The molecule has 1 atom stereocenters. The first kappa shape index (κ1) is 21.8. The van der Waals surface area contributed by atoms with Crippen LogP contribution in [0.1, 0.15) is 48.7 Å². The molecule has 168 valence electrons. The Labute approximate surface area is 184 Å². The predicted octanol–water partition coefficient (Wildman–Crippen LogP) is 2.70. The number of methoxy groups -OCH3 is 1. The van der Waals surface area contributed by atoms with E-state index >= 15 is 0 Å². The Kier molecular flexibility index (Phi) is 7.25. The molecule has 1 aromatic heterocycles. The molecular formula is C24H34N4O3. The van der Waals surface area contributed by atoms with E-state index in [1.807, 2.05) is 24.3 Å². The van der Waals surface area contributed by atoms with Crippen LogP contribution >= 0.6 is 0 Å². The Bertz CT molecular complexity index is 895. The first-order valence-corrected chi connectivity index (χ1v) is 11.5. The molecule has 1 N–H and O–H groups in total. The van der Waals surface area contributed by atoms with Crippen LogP contribution < -0.4 is 10.1 Å². The lowest BCUT2D eigenvalue weighted by molar-refractivity contribution is -0.122. The van der Waals surface area contributed by atoms with Crippen LogP contribution in [-0.4, -0.2) is 53.4 Å². The maximum atomic E-state index is 12.5. The quantitative estimate of drug-likeness (QED) is 0.703. The van der Waals surface area contributed by atoms with Crippen molar-refractivity contribution in [2.45, 2.75) is 64.8 Å². The highest BCUT2D eigenvalue weighted by Gasteiger charge is 2.26. The van der Waals surface area contributed by atoms with Crippen molar-refractivity contribution in [3.05, 3.63) is 46.8 Å². The summed E-state index contributed by atoms with van der Waals surface area (Å²) in [7, 11) is 1.66. The third kappa shape index (κ3) is 5.46. The largest absolute Gasteiger partial charge is 0.497 e. The highest BCUT2D eigenvalue weighted by Crippen LogP contribution is 2.23. The summed E-state index contributed by atoms with van der Waals surface area (Å²) >= 11 is 0. The van der Waals surface area contributed by atoms with Crippen molar-refractivity contribution in [1.82, 2.24) is 20.0 Å². The molecular weight excluding hydrogens is 392 g/mol. The van der Waals surface area contributed by atoms with Crippen LogP contribution in [0.25, 0.3) is 0 Å². The molecule has 1 saturated heterocycles. The van der Waals surface area contributed by atoms with E-state index in [-0.39, 0.29) is 11.9 Å². The van der Waals surface area contributed by atoms with Crippen LogP contribution in [0.5, 0.6) is 5.75 Å². The van der Waals surface area contributed by atoms with Gasteiger partial charge >= 0.3 is 0 Å². The fraction of sp³-hybridized carbons (Fsp3) is 0.583. The van der Waals surface area contributed by atoms with E-state index in [2.05, 4.69) is 21.8 Å². The summed E-state index contributed by atoms with van der Waals surface area (Å²) in [6.45, 7) is 7.24. The number of carbonyl (C=O) groups is 1. The lowest BCUT2D eigenvalue weighted by Gasteiger charge is -2.33. The van der Waals surface area contributed by atoms with Crippen molar-refractivity contribution in [3.63, 3.8) is 0 Å². The van der Waals surface area contributed by atoms with Crippen molar-refractivity contribution in [3.8, 4) is 5.75 Å². The number of benzene rings is 1. The van der Waals surface area contributed by atoms with Crippen LogP contribution in [0.2, 0.25) is 0 Å². The number of fused-ring (bicyclic) bond motifs is 1. The maximum absolute atomic E-state index is 12.5. The molecule has 2 aliphatic rings. The zero-order valence-electron chi connectivity index (χ0n) is 18.7. The van der Waals surface area contributed by atoms with Crippen molar-refractivity contribution in [2.24, 2.45) is 0 Å². The SMILES string of the molecule is CCn1nc(CN2CCCC(NC(=O)CCc3cccc(OC)c3)C2)c2c1CCOC2. The maximum Gasteiger partial charge on any atom is 0.220 e. The van der Waals surface area contributed by atoms with Gasteiger partial charge in [-0.1, -0.05) is 12.1 Å².